The van der Waals surface area contributed by atoms with Gasteiger partial charge in [0.05, 0.1) is 0 Å². The fourth-order valence-electron chi connectivity index (χ4n) is 2.16. The first kappa shape index (κ1) is 12.6. The Labute approximate surface area is 107 Å². The minimum Gasteiger partial charge on any atom is -0.410 e. The number of carbonyl (C=O) groups excluding carboxylic acids is 2. The maximum atomic E-state index is 12.0. The van der Waals surface area contributed by atoms with E-state index in [1.54, 1.807) is 17.0 Å². The van der Waals surface area contributed by atoms with Crippen molar-refractivity contribution in [2.45, 2.75) is 32.2 Å². The van der Waals surface area contributed by atoms with Gasteiger partial charge in [-0.25, -0.2) is 4.79 Å². The third-order valence-electron chi connectivity index (χ3n) is 3.19. The smallest absolute Gasteiger partial charge is 0.410 e. The average molecular weight is 247 g/mol. The second-order valence-corrected chi connectivity index (χ2v) is 4.43. The summed E-state index contributed by atoms with van der Waals surface area (Å²) in [5.41, 5.74) is 0. The van der Waals surface area contributed by atoms with Crippen molar-refractivity contribution in [2.75, 3.05) is 6.54 Å². The first-order valence-corrected chi connectivity index (χ1v) is 6.26. The van der Waals surface area contributed by atoms with Crippen LogP contribution in [0, 0.1) is 0 Å². The van der Waals surface area contributed by atoms with Crippen LogP contribution in [0.4, 0.5) is 4.79 Å². The number of hydrogen-bond acceptors (Lipinski definition) is 3. The number of para-hydroxylation sites is 1. The Morgan fingerprint density at radius 1 is 1.39 bits per heavy atom. The van der Waals surface area contributed by atoms with Crippen molar-refractivity contribution >= 4 is 11.9 Å². The van der Waals surface area contributed by atoms with Crippen LogP contribution in [0.5, 0.6) is 5.75 Å². The van der Waals surface area contributed by atoms with Crippen molar-refractivity contribution < 1.29 is 14.3 Å². The van der Waals surface area contributed by atoms with Gasteiger partial charge in [-0.1, -0.05) is 25.1 Å². The van der Waals surface area contributed by atoms with Gasteiger partial charge in [-0.2, -0.15) is 0 Å². The van der Waals surface area contributed by atoms with E-state index < -0.39 is 0 Å². The molecule has 0 aromatic heterocycles. The summed E-state index contributed by atoms with van der Waals surface area (Å²) in [5.74, 6) is 0.764. The first-order valence-electron chi connectivity index (χ1n) is 6.26. The number of rotatable bonds is 2. The van der Waals surface area contributed by atoms with E-state index in [1.807, 2.05) is 25.1 Å². The fraction of sp³-hybridized carbons (Fsp3) is 0.429. The van der Waals surface area contributed by atoms with E-state index in [0.717, 1.165) is 6.42 Å². The van der Waals surface area contributed by atoms with Crippen molar-refractivity contribution in [3.63, 3.8) is 0 Å². The molecule has 1 fully saturated rings. The highest BCUT2D eigenvalue weighted by molar-refractivity contribution is 5.82. The molecule has 1 saturated heterocycles. The molecular weight excluding hydrogens is 230 g/mol. The molecule has 1 aliphatic heterocycles. The number of piperidine rings is 1. The summed E-state index contributed by atoms with van der Waals surface area (Å²) in [6.07, 6.45) is 1.29. The molecule has 0 N–H and O–H groups in total. The molecule has 1 atom stereocenters. The molecule has 4 nitrogen and oxygen atoms in total. The van der Waals surface area contributed by atoms with E-state index >= 15 is 0 Å². The lowest BCUT2D eigenvalue weighted by Gasteiger charge is -2.33. The molecular formula is C14H17NO3. The molecule has 1 aromatic rings. The number of likely N-dealkylation sites (tertiary alicyclic amines) is 1. The maximum absolute atomic E-state index is 12.0. The standard InChI is InChI=1S/C14H17NO3/c1-2-11-10-12(16)8-9-15(11)14(17)18-13-6-4-3-5-7-13/h3-7,11H,2,8-10H2,1H3/t11-/m1/s1. The highest BCUT2D eigenvalue weighted by atomic mass is 16.6. The zero-order chi connectivity index (χ0) is 13.0. The van der Waals surface area contributed by atoms with Gasteiger partial charge in [0.15, 0.2) is 0 Å². The fourth-order valence-corrected chi connectivity index (χ4v) is 2.16. The summed E-state index contributed by atoms with van der Waals surface area (Å²) < 4.78 is 5.30. The molecule has 0 saturated carbocycles. The number of nitrogens with zero attached hydrogens (tertiary/aromatic N) is 1. The third-order valence-corrected chi connectivity index (χ3v) is 3.19. The predicted molar refractivity (Wildman–Crippen MR) is 67.5 cm³/mol. The lowest BCUT2D eigenvalue weighted by Crippen LogP contribution is -2.47. The average Bonchev–Trinajstić information content (AvgIpc) is 2.39. The van der Waals surface area contributed by atoms with Gasteiger partial charge < -0.3 is 9.64 Å². The number of ketones is 1. The summed E-state index contributed by atoms with van der Waals surface area (Å²) in [4.78, 5) is 25.1. The molecule has 1 amide bonds. The van der Waals surface area contributed by atoms with Crippen molar-refractivity contribution in [3.8, 4) is 5.75 Å². The molecule has 1 aromatic carbocycles. The lowest BCUT2D eigenvalue weighted by molar-refractivity contribution is -0.122. The van der Waals surface area contributed by atoms with E-state index in [2.05, 4.69) is 0 Å². The highest BCUT2D eigenvalue weighted by Crippen LogP contribution is 2.19. The second-order valence-electron chi connectivity index (χ2n) is 4.43. The third kappa shape index (κ3) is 2.88. The summed E-state index contributed by atoms with van der Waals surface area (Å²) in [6, 6.07) is 8.97. The normalized spacial score (nSPS) is 19.7. The zero-order valence-electron chi connectivity index (χ0n) is 10.5. The van der Waals surface area contributed by atoms with Crippen molar-refractivity contribution in [1.29, 1.82) is 0 Å². The van der Waals surface area contributed by atoms with Gasteiger partial charge in [-0.15, -0.1) is 0 Å². The molecule has 1 aliphatic rings. The van der Waals surface area contributed by atoms with Crippen LogP contribution in [-0.4, -0.2) is 29.4 Å². The largest absolute Gasteiger partial charge is 0.415 e. The van der Waals surface area contributed by atoms with Crippen LogP contribution in [0.15, 0.2) is 30.3 Å². The van der Waals surface area contributed by atoms with Crippen molar-refractivity contribution in [3.05, 3.63) is 30.3 Å². The summed E-state index contributed by atoms with van der Waals surface area (Å²) >= 11 is 0. The summed E-state index contributed by atoms with van der Waals surface area (Å²) in [5, 5.41) is 0. The van der Waals surface area contributed by atoms with E-state index in [-0.39, 0.29) is 17.9 Å². The molecule has 18 heavy (non-hydrogen) atoms. The molecule has 0 radical (unpaired) electrons. The van der Waals surface area contributed by atoms with E-state index in [0.29, 0.717) is 25.1 Å². The topological polar surface area (TPSA) is 46.6 Å². The predicted octanol–water partition coefficient (Wildman–Crippen LogP) is 2.63. The highest BCUT2D eigenvalue weighted by Gasteiger charge is 2.30. The molecule has 0 aliphatic carbocycles. The minimum absolute atomic E-state index is 0.0255. The number of hydrogen-bond donors (Lipinski definition) is 0. The number of amides is 1. The van der Waals surface area contributed by atoms with Crippen molar-refractivity contribution in [1.82, 2.24) is 4.90 Å². The van der Waals surface area contributed by atoms with E-state index in [9.17, 15) is 9.59 Å². The second kappa shape index (κ2) is 5.67. The van der Waals surface area contributed by atoms with Gasteiger partial charge in [0.2, 0.25) is 0 Å². The number of Topliss-reactive ketones (excluding diaryl/α,β-unsaturated/α-hetero) is 1. The Kier molecular flexibility index (Phi) is 3.97. The zero-order valence-corrected chi connectivity index (χ0v) is 10.5. The maximum Gasteiger partial charge on any atom is 0.415 e. The van der Waals surface area contributed by atoms with E-state index in [4.69, 9.17) is 4.74 Å². The van der Waals surface area contributed by atoms with Crippen LogP contribution < -0.4 is 4.74 Å². The molecule has 0 bridgehead atoms. The van der Waals surface area contributed by atoms with Crippen LogP contribution in [0.1, 0.15) is 26.2 Å². The number of benzene rings is 1. The van der Waals surface area contributed by atoms with Gasteiger partial charge in [-0.3, -0.25) is 4.79 Å². The number of ether oxygens (including phenoxy) is 1. The molecule has 4 heteroatoms. The SMILES string of the molecule is CC[C@@H]1CC(=O)CCN1C(=O)Oc1ccccc1. The molecule has 2 rings (SSSR count). The molecule has 0 unspecified atom stereocenters. The molecule has 0 spiro atoms. The minimum atomic E-state index is -0.361. The molecule has 96 valence electrons. The van der Waals surface area contributed by atoms with Crippen molar-refractivity contribution in [2.24, 2.45) is 0 Å². The van der Waals surface area contributed by atoms with Gasteiger partial charge in [0, 0.05) is 25.4 Å². The number of carbonyl (C=O) groups is 2. The Bertz CT molecular complexity index is 430. The van der Waals surface area contributed by atoms with Crippen LogP contribution in [0.2, 0.25) is 0 Å². The van der Waals surface area contributed by atoms with Gasteiger partial charge in [0.1, 0.15) is 11.5 Å². The molecule has 1 heterocycles. The van der Waals surface area contributed by atoms with Crippen LogP contribution in [0.25, 0.3) is 0 Å². The van der Waals surface area contributed by atoms with E-state index in [1.165, 1.54) is 0 Å². The van der Waals surface area contributed by atoms with Gasteiger partial charge in [0.25, 0.3) is 0 Å². The lowest BCUT2D eigenvalue weighted by atomic mass is 9.99. The Morgan fingerprint density at radius 2 is 2.11 bits per heavy atom. The Morgan fingerprint density at radius 3 is 2.78 bits per heavy atom. The first-order chi connectivity index (χ1) is 8.70. The van der Waals surface area contributed by atoms with Gasteiger partial charge in [-0.05, 0) is 18.6 Å². The summed E-state index contributed by atoms with van der Waals surface area (Å²) in [6.45, 7) is 2.44. The van der Waals surface area contributed by atoms with Crippen LogP contribution >= 0.6 is 0 Å². The van der Waals surface area contributed by atoms with Crippen LogP contribution in [0.3, 0.4) is 0 Å². The summed E-state index contributed by atoms with van der Waals surface area (Å²) in [7, 11) is 0. The Balaban J connectivity index is 2.02. The van der Waals surface area contributed by atoms with Crippen LogP contribution in [-0.2, 0) is 4.79 Å². The quantitative estimate of drug-likeness (QED) is 0.807. The van der Waals surface area contributed by atoms with Gasteiger partial charge >= 0.3 is 6.09 Å². The monoisotopic (exact) mass is 247 g/mol. The Hall–Kier alpha value is -1.84.